The maximum Gasteiger partial charge on any atom is 0.261 e. The highest BCUT2D eigenvalue weighted by molar-refractivity contribution is 6.30. The van der Waals surface area contributed by atoms with Gasteiger partial charge in [-0.2, -0.15) is 4.98 Å². The second-order valence-electron chi connectivity index (χ2n) is 5.36. The molecule has 0 atom stereocenters. The SMILES string of the molecule is O=c1c2ccc(F)cc2ncn1Cc1nc(-c2ccc(Cl)cc2)no1. The quantitative estimate of drug-likeness (QED) is 0.563. The van der Waals surface area contributed by atoms with E-state index in [1.807, 2.05) is 0 Å². The molecule has 2 heterocycles. The van der Waals surface area contributed by atoms with Gasteiger partial charge in [0.25, 0.3) is 5.56 Å². The maximum absolute atomic E-state index is 13.2. The Morgan fingerprint density at radius 2 is 1.96 bits per heavy atom. The largest absolute Gasteiger partial charge is 0.337 e. The van der Waals surface area contributed by atoms with Gasteiger partial charge in [0.1, 0.15) is 12.4 Å². The summed E-state index contributed by atoms with van der Waals surface area (Å²) in [5.74, 6) is 0.215. The van der Waals surface area contributed by atoms with Gasteiger partial charge in [-0.1, -0.05) is 16.8 Å². The van der Waals surface area contributed by atoms with Gasteiger partial charge >= 0.3 is 0 Å². The summed E-state index contributed by atoms with van der Waals surface area (Å²) in [4.78, 5) is 20.8. The van der Waals surface area contributed by atoms with E-state index in [0.717, 1.165) is 5.56 Å². The molecule has 4 aromatic rings. The van der Waals surface area contributed by atoms with Gasteiger partial charge in [-0.3, -0.25) is 9.36 Å². The zero-order chi connectivity index (χ0) is 17.4. The first-order valence-corrected chi connectivity index (χ1v) is 7.71. The summed E-state index contributed by atoms with van der Waals surface area (Å²) in [5.41, 5.74) is 0.740. The van der Waals surface area contributed by atoms with E-state index in [9.17, 15) is 9.18 Å². The molecule has 0 spiro atoms. The van der Waals surface area contributed by atoms with Gasteiger partial charge in [-0.05, 0) is 36.4 Å². The Balaban J connectivity index is 1.66. The summed E-state index contributed by atoms with van der Waals surface area (Å²) in [7, 11) is 0. The van der Waals surface area contributed by atoms with E-state index >= 15 is 0 Å². The minimum atomic E-state index is -0.443. The van der Waals surface area contributed by atoms with Crippen LogP contribution in [0.25, 0.3) is 22.3 Å². The molecule has 0 fully saturated rings. The van der Waals surface area contributed by atoms with Crippen LogP contribution in [0, 0.1) is 5.82 Å². The van der Waals surface area contributed by atoms with Gasteiger partial charge in [0, 0.05) is 16.7 Å². The predicted molar refractivity (Wildman–Crippen MR) is 89.8 cm³/mol. The molecule has 2 aromatic heterocycles. The minimum Gasteiger partial charge on any atom is -0.337 e. The number of rotatable bonds is 3. The highest BCUT2D eigenvalue weighted by atomic mass is 35.5. The lowest BCUT2D eigenvalue weighted by Crippen LogP contribution is -2.21. The third kappa shape index (κ3) is 3.01. The zero-order valence-electron chi connectivity index (χ0n) is 12.7. The molecule has 8 heteroatoms. The van der Waals surface area contributed by atoms with E-state index in [-0.39, 0.29) is 18.0 Å². The fourth-order valence-corrected chi connectivity index (χ4v) is 2.55. The standard InChI is InChI=1S/C17H10ClFN4O2/c18-11-3-1-10(2-4-11)16-21-15(25-22-16)8-23-9-20-14-7-12(19)5-6-13(14)17(23)24/h1-7,9H,8H2. The molecule has 0 amide bonds. The Morgan fingerprint density at radius 1 is 1.16 bits per heavy atom. The summed E-state index contributed by atoms with van der Waals surface area (Å²) in [6.45, 7) is 0.0692. The molecule has 0 aliphatic carbocycles. The molecule has 4 rings (SSSR count). The van der Waals surface area contributed by atoms with Crippen molar-refractivity contribution in [3.05, 3.63) is 75.9 Å². The molecule has 0 unspecified atom stereocenters. The summed E-state index contributed by atoms with van der Waals surface area (Å²) in [6.07, 6.45) is 1.33. The molecule has 0 bridgehead atoms. The van der Waals surface area contributed by atoms with Crippen molar-refractivity contribution in [1.29, 1.82) is 0 Å². The van der Waals surface area contributed by atoms with Crippen LogP contribution in [-0.4, -0.2) is 19.7 Å². The highest BCUT2D eigenvalue weighted by Crippen LogP contribution is 2.19. The van der Waals surface area contributed by atoms with Crippen LogP contribution in [-0.2, 0) is 6.54 Å². The number of fused-ring (bicyclic) bond motifs is 1. The molecule has 0 saturated heterocycles. The number of hydrogen-bond acceptors (Lipinski definition) is 5. The van der Waals surface area contributed by atoms with Gasteiger partial charge in [-0.15, -0.1) is 0 Å². The van der Waals surface area contributed by atoms with Crippen LogP contribution in [0.15, 0.2) is 58.1 Å². The molecular weight excluding hydrogens is 347 g/mol. The van der Waals surface area contributed by atoms with Crippen LogP contribution in [0.4, 0.5) is 4.39 Å². The second kappa shape index (κ2) is 6.10. The Labute approximate surface area is 145 Å². The predicted octanol–water partition coefficient (Wildman–Crippen LogP) is 3.29. The summed E-state index contributed by atoms with van der Waals surface area (Å²) >= 11 is 5.85. The van der Waals surface area contributed by atoms with Crippen LogP contribution in [0.5, 0.6) is 0 Å². The van der Waals surface area contributed by atoms with Crippen molar-refractivity contribution in [3.63, 3.8) is 0 Å². The van der Waals surface area contributed by atoms with Crippen molar-refractivity contribution in [2.24, 2.45) is 0 Å². The first kappa shape index (κ1) is 15.5. The smallest absolute Gasteiger partial charge is 0.261 e. The van der Waals surface area contributed by atoms with Crippen LogP contribution < -0.4 is 5.56 Å². The number of aromatic nitrogens is 4. The molecule has 0 saturated carbocycles. The number of halogens is 2. The fraction of sp³-hybridized carbons (Fsp3) is 0.0588. The summed E-state index contributed by atoms with van der Waals surface area (Å²) in [5, 5.41) is 4.83. The van der Waals surface area contributed by atoms with Crippen molar-refractivity contribution in [3.8, 4) is 11.4 Å². The first-order chi connectivity index (χ1) is 12.1. The van der Waals surface area contributed by atoms with Gasteiger partial charge in [0.05, 0.1) is 17.2 Å². The van der Waals surface area contributed by atoms with Crippen LogP contribution in [0.1, 0.15) is 5.89 Å². The second-order valence-corrected chi connectivity index (χ2v) is 5.79. The van der Waals surface area contributed by atoms with E-state index in [2.05, 4.69) is 15.1 Å². The van der Waals surface area contributed by atoms with Crippen molar-refractivity contribution in [1.82, 2.24) is 19.7 Å². The van der Waals surface area contributed by atoms with E-state index < -0.39 is 5.82 Å². The van der Waals surface area contributed by atoms with Gasteiger partial charge < -0.3 is 4.52 Å². The first-order valence-electron chi connectivity index (χ1n) is 7.33. The third-order valence-electron chi connectivity index (χ3n) is 3.66. The molecule has 0 radical (unpaired) electrons. The van der Waals surface area contributed by atoms with Gasteiger partial charge in [0.2, 0.25) is 11.7 Å². The Hall–Kier alpha value is -3.06. The lowest BCUT2D eigenvalue weighted by Gasteiger charge is -2.03. The van der Waals surface area contributed by atoms with Crippen molar-refractivity contribution in [2.45, 2.75) is 6.54 Å². The lowest BCUT2D eigenvalue weighted by molar-refractivity contribution is 0.369. The molecular formula is C17H10ClFN4O2. The molecule has 0 aliphatic rings. The molecule has 124 valence electrons. The average molecular weight is 357 g/mol. The molecule has 2 aromatic carbocycles. The highest BCUT2D eigenvalue weighted by Gasteiger charge is 2.11. The van der Waals surface area contributed by atoms with E-state index in [4.69, 9.17) is 16.1 Å². The topological polar surface area (TPSA) is 73.8 Å². The van der Waals surface area contributed by atoms with Crippen LogP contribution >= 0.6 is 11.6 Å². The molecule has 25 heavy (non-hydrogen) atoms. The fourth-order valence-electron chi connectivity index (χ4n) is 2.43. The third-order valence-corrected chi connectivity index (χ3v) is 3.92. The lowest BCUT2D eigenvalue weighted by atomic mass is 10.2. The monoisotopic (exact) mass is 356 g/mol. The number of benzene rings is 2. The molecule has 6 nitrogen and oxygen atoms in total. The van der Waals surface area contributed by atoms with E-state index in [0.29, 0.717) is 21.7 Å². The normalized spacial score (nSPS) is 11.1. The minimum absolute atomic E-state index is 0.0692. The Kier molecular flexibility index (Phi) is 3.77. The van der Waals surface area contributed by atoms with Crippen molar-refractivity contribution >= 4 is 22.5 Å². The number of nitrogens with zero attached hydrogens (tertiary/aromatic N) is 4. The number of hydrogen-bond donors (Lipinski definition) is 0. The van der Waals surface area contributed by atoms with Crippen LogP contribution in [0.2, 0.25) is 5.02 Å². The molecule has 0 N–H and O–H groups in total. The van der Waals surface area contributed by atoms with Gasteiger partial charge in [0.15, 0.2) is 0 Å². The maximum atomic E-state index is 13.2. The van der Waals surface area contributed by atoms with Gasteiger partial charge in [-0.25, -0.2) is 9.37 Å². The van der Waals surface area contributed by atoms with Crippen molar-refractivity contribution in [2.75, 3.05) is 0 Å². The van der Waals surface area contributed by atoms with Crippen molar-refractivity contribution < 1.29 is 8.91 Å². The Morgan fingerprint density at radius 3 is 2.76 bits per heavy atom. The molecule has 0 aliphatic heterocycles. The van der Waals surface area contributed by atoms with E-state index in [1.165, 1.54) is 29.1 Å². The summed E-state index contributed by atoms with van der Waals surface area (Å²) < 4.78 is 19.7. The summed E-state index contributed by atoms with van der Waals surface area (Å²) in [6, 6.07) is 10.8. The Bertz CT molecular complexity index is 1120. The van der Waals surface area contributed by atoms with Crippen LogP contribution in [0.3, 0.4) is 0 Å². The average Bonchev–Trinajstić information content (AvgIpc) is 3.06. The van der Waals surface area contributed by atoms with E-state index in [1.54, 1.807) is 24.3 Å². The zero-order valence-corrected chi connectivity index (χ0v) is 13.4.